The number of hydrogen-bond acceptors (Lipinski definition) is 11. The van der Waals surface area contributed by atoms with E-state index in [-0.39, 0.29) is 38.4 Å². The molecule has 0 aromatic heterocycles. The fourth-order valence-corrected chi connectivity index (χ4v) is 3.01. The van der Waals surface area contributed by atoms with Gasteiger partial charge in [0, 0.05) is 33.6 Å². The van der Waals surface area contributed by atoms with E-state index in [4.69, 9.17) is 37.9 Å². The maximum atomic E-state index is 12.0. The maximum absolute atomic E-state index is 12.0. The minimum absolute atomic E-state index is 0.0530. The Morgan fingerprint density at radius 1 is 0.575 bits per heavy atom. The van der Waals surface area contributed by atoms with Gasteiger partial charge in [-0.05, 0) is 19.3 Å². The van der Waals surface area contributed by atoms with Gasteiger partial charge in [0.1, 0.15) is 6.04 Å². The number of carboxylic acids is 1. The normalized spacial score (nSPS) is 11.8. The molecule has 2 amide bonds. The van der Waals surface area contributed by atoms with Crippen molar-refractivity contribution in [2.24, 2.45) is 0 Å². The van der Waals surface area contributed by atoms with Crippen LogP contribution in [0.1, 0.15) is 32.1 Å². The Morgan fingerprint density at radius 2 is 0.975 bits per heavy atom. The molecule has 0 unspecified atom stereocenters. The van der Waals surface area contributed by atoms with Gasteiger partial charge in [-0.15, -0.1) is 0 Å². The maximum Gasteiger partial charge on any atom is 0.326 e. The summed E-state index contributed by atoms with van der Waals surface area (Å²) in [7, 11) is 3.22. The first kappa shape index (κ1) is 38.1. The zero-order chi connectivity index (χ0) is 29.5. The number of nitrogens with one attached hydrogen (secondary N) is 2. The van der Waals surface area contributed by atoms with Gasteiger partial charge in [-0.3, -0.25) is 9.59 Å². The number of unbranched alkanes of at least 4 members (excludes halogenated alkanes) is 1. The van der Waals surface area contributed by atoms with Crippen molar-refractivity contribution in [2.75, 3.05) is 113 Å². The van der Waals surface area contributed by atoms with Gasteiger partial charge in [-0.2, -0.15) is 0 Å². The average Bonchev–Trinajstić information content (AvgIpc) is 2.93. The summed E-state index contributed by atoms with van der Waals surface area (Å²) in [6, 6.07) is -0.989. The van der Waals surface area contributed by atoms with Crippen LogP contribution < -0.4 is 10.6 Å². The molecule has 0 aliphatic heterocycles. The second-order valence-electron chi connectivity index (χ2n) is 8.46. The van der Waals surface area contributed by atoms with Crippen molar-refractivity contribution in [3.8, 4) is 0 Å². The molecule has 0 heterocycles. The lowest BCUT2D eigenvalue weighted by molar-refractivity contribution is -0.142. The van der Waals surface area contributed by atoms with Crippen LogP contribution in [0.4, 0.5) is 0 Å². The van der Waals surface area contributed by atoms with Crippen molar-refractivity contribution in [2.45, 2.75) is 38.1 Å². The second-order valence-corrected chi connectivity index (χ2v) is 8.46. The summed E-state index contributed by atoms with van der Waals surface area (Å²) in [4.78, 5) is 35.4. The van der Waals surface area contributed by atoms with Crippen LogP contribution in [0.5, 0.6) is 0 Å². The molecule has 0 saturated carbocycles. The third-order valence-corrected chi connectivity index (χ3v) is 5.17. The largest absolute Gasteiger partial charge is 0.480 e. The van der Waals surface area contributed by atoms with Crippen molar-refractivity contribution in [3.63, 3.8) is 0 Å². The third kappa shape index (κ3) is 27.6. The van der Waals surface area contributed by atoms with Crippen LogP contribution in [-0.2, 0) is 52.3 Å². The SMILES string of the molecule is COCCOCCOCCOCCC(=O)NCCCC[C@H](NC(=O)CCOCCOCCOCCOC)C(=O)O. The number of methoxy groups -OCH3 is 2. The highest BCUT2D eigenvalue weighted by Crippen LogP contribution is 2.02. The number of carboxylic acid groups (broad SMARTS) is 1. The van der Waals surface area contributed by atoms with Crippen molar-refractivity contribution in [3.05, 3.63) is 0 Å². The molecule has 0 aliphatic carbocycles. The molecule has 0 bridgehead atoms. The number of amides is 2. The molecule has 0 saturated heterocycles. The summed E-state index contributed by atoms with van der Waals surface area (Å²) in [6.45, 7) is 6.38. The Bertz CT molecular complexity index is 612. The van der Waals surface area contributed by atoms with E-state index in [0.29, 0.717) is 98.7 Å². The van der Waals surface area contributed by atoms with E-state index in [2.05, 4.69) is 10.6 Å². The number of carbonyl (C=O) groups is 3. The minimum Gasteiger partial charge on any atom is -0.480 e. The monoisotopic (exact) mass is 582 g/mol. The Hall–Kier alpha value is -1.91. The molecular weight excluding hydrogens is 532 g/mol. The van der Waals surface area contributed by atoms with Crippen molar-refractivity contribution in [1.82, 2.24) is 10.6 Å². The first-order valence-electron chi connectivity index (χ1n) is 13.7. The Morgan fingerprint density at radius 3 is 1.40 bits per heavy atom. The standard InChI is InChI=1S/C26H50N2O12/c1-33-11-13-37-19-21-39-17-15-35-9-6-24(29)27-8-4-3-5-23(26(31)32)28-25(30)7-10-36-16-18-40-22-20-38-14-12-34-2/h23H,3-22H2,1-2H3,(H,27,29)(H,28,30)(H,31,32)/t23-/m0/s1. The summed E-state index contributed by atoms with van der Waals surface area (Å²) in [5, 5.41) is 14.7. The molecule has 0 spiro atoms. The fourth-order valence-electron chi connectivity index (χ4n) is 3.01. The molecule has 0 aliphatic rings. The van der Waals surface area contributed by atoms with Gasteiger partial charge in [0.2, 0.25) is 11.8 Å². The highest BCUT2D eigenvalue weighted by molar-refractivity contribution is 5.83. The number of carbonyl (C=O) groups excluding carboxylic acids is 2. The van der Waals surface area contributed by atoms with Gasteiger partial charge in [0.05, 0.1) is 92.5 Å². The lowest BCUT2D eigenvalue weighted by atomic mass is 10.1. The first-order valence-corrected chi connectivity index (χ1v) is 13.7. The fraction of sp³-hybridized carbons (Fsp3) is 0.885. The van der Waals surface area contributed by atoms with Gasteiger partial charge in [-0.1, -0.05) is 0 Å². The molecule has 40 heavy (non-hydrogen) atoms. The van der Waals surface area contributed by atoms with E-state index in [1.54, 1.807) is 14.2 Å². The van der Waals surface area contributed by atoms with Crippen LogP contribution in [0.2, 0.25) is 0 Å². The summed E-state index contributed by atoms with van der Waals surface area (Å²) in [5.41, 5.74) is 0. The van der Waals surface area contributed by atoms with E-state index in [0.717, 1.165) is 0 Å². The number of aliphatic carboxylic acids is 1. The van der Waals surface area contributed by atoms with Gasteiger partial charge < -0.3 is 53.6 Å². The molecule has 14 nitrogen and oxygen atoms in total. The Kier molecular flexibility index (Phi) is 28.6. The molecule has 236 valence electrons. The van der Waals surface area contributed by atoms with Crippen molar-refractivity contribution >= 4 is 17.8 Å². The van der Waals surface area contributed by atoms with Crippen LogP contribution >= 0.6 is 0 Å². The van der Waals surface area contributed by atoms with Crippen LogP contribution in [0.15, 0.2) is 0 Å². The third-order valence-electron chi connectivity index (χ3n) is 5.17. The predicted molar refractivity (Wildman–Crippen MR) is 144 cm³/mol. The highest BCUT2D eigenvalue weighted by Gasteiger charge is 2.19. The molecule has 14 heteroatoms. The average molecular weight is 583 g/mol. The van der Waals surface area contributed by atoms with Crippen LogP contribution in [0.3, 0.4) is 0 Å². The smallest absolute Gasteiger partial charge is 0.326 e. The van der Waals surface area contributed by atoms with E-state index < -0.39 is 17.9 Å². The van der Waals surface area contributed by atoms with Gasteiger partial charge >= 0.3 is 5.97 Å². The Balaban J connectivity index is 3.64. The summed E-state index contributed by atoms with van der Waals surface area (Å²) in [6.07, 6.45) is 1.66. The lowest BCUT2D eigenvalue weighted by Crippen LogP contribution is -2.41. The van der Waals surface area contributed by atoms with E-state index in [1.165, 1.54) is 0 Å². The number of rotatable bonds is 31. The number of ether oxygens (including phenoxy) is 8. The van der Waals surface area contributed by atoms with Gasteiger partial charge in [-0.25, -0.2) is 4.79 Å². The lowest BCUT2D eigenvalue weighted by Gasteiger charge is -2.15. The molecule has 0 fully saturated rings. The molecule has 0 rings (SSSR count). The molecule has 0 radical (unpaired) electrons. The number of hydrogen-bond donors (Lipinski definition) is 3. The van der Waals surface area contributed by atoms with E-state index >= 15 is 0 Å². The summed E-state index contributed by atoms with van der Waals surface area (Å²) >= 11 is 0. The van der Waals surface area contributed by atoms with Crippen LogP contribution in [0.25, 0.3) is 0 Å². The molecule has 1 atom stereocenters. The molecule has 0 aromatic rings. The topological polar surface area (TPSA) is 169 Å². The summed E-state index contributed by atoms with van der Waals surface area (Å²) < 4.78 is 41.6. The second kappa shape index (κ2) is 30.1. The summed E-state index contributed by atoms with van der Waals surface area (Å²) in [5.74, 6) is -1.63. The zero-order valence-electron chi connectivity index (χ0n) is 24.2. The molecule has 0 aromatic carbocycles. The van der Waals surface area contributed by atoms with Crippen molar-refractivity contribution in [1.29, 1.82) is 0 Å². The van der Waals surface area contributed by atoms with Crippen molar-refractivity contribution < 1.29 is 57.4 Å². The zero-order valence-corrected chi connectivity index (χ0v) is 24.2. The van der Waals surface area contributed by atoms with E-state index in [9.17, 15) is 19.5 Å². The highest BCUT2D eigenvalue weighted by atomic mass is 16.6. The van der Waals surface area contributed by atoms with Gasteiger partial charge in [0.15, 0.2) is 0 Å². The van der Waals surface area contributed by atoms with E-state index in [1.807, 2.05) is 0 Å². The van der Waals surface area contributed by atoms with Crippen LogP contribution in [-0.4, -0.2) is 142 Å². The Labute approximate surface area is 237 Å². The first-order chi connectivity index (χ1) is 19.5. The minimum atomic E-state index is -1.10. The molecule has 3 N–H and O–H groups in total. The predicted octanol–water partition coefficient (Wildman–Crippen LogP) is 0.0149. The van der Waals surface area contributed by atoms with Gasteiger partial charge in [0.25, 0.3) is 0 Å². The molecular formula is C26H50N2O12. The quantitative estimate of drug-likeness (QED) is 0.0938. The van der Waals surface area contributed by atoms with Crippen LogP contribution in [0, 0.1) is 0 Å².